The second kappa shape index (κ2) is 5.96. The van der Waals surface area contributed by atoms with Crippen LogP contribution in [-0.2, 0) is 13.0 Å². The minimum absolute atomic E-state index is 0.0515. The Morgan fingerprint density at radius 1 is 1.20 bits per heavy atom. The van der Waals surface area contributed by atoms with E-state index in [4.69, 9.17) is 4.74 Å². The molecule has 4 rings (SSSR count). The maximum atomic E-state index is 12.5. The molecule has 0 aliphatic carbocycles. The van der Waals surface area contributed by atoms with E-state index < -0.39 is 0 Å². The summed E-state index contributed by atoms with van der Waals surface area (Å²) in [5.41, 5.74) is 7.67. The number of aryl methyl sites for hydroxylation is 3. The SMILES string of the molecule is Cc1cc(CNC(=O)c2ccc3c(c2)CCO3)c2[nH]c(C)c(C)c2c1. The third kappa shape index (κ3) is 2.78. The van der Waals surface area contributed by atoms with E-state index in [1.54, 1.807) is 0 Å². The average Bonchev–Trinajstić information content (AvgIpc) is 3.17. The number of ether oxygens (including phenoxy) is 1. The fourth-order valence-electron chi connectivity index (χ4n) is 3.53. The zero-order chi connectivity index (χ0) is 17.6. The zero-order valence-electron chi connectivity index (χ0n) is 14.8. The van der Waals surface area contributed by atoms with Gasteiger partial charge in [0, 0.05) is 29.6 Å². The molecule has 4 heteroatoms. The van der Waals surface area contributed by atoms with Crippen molar-refractivity contribution >= 4 is 16.8 Å². The zero-order valence-corrected chi connectivity index (χ0v) is 14.8. The molecule has 2 N–H and O–H groups in total. The number of H-pyrrole nitrogens is 1. The topological polar surface area (TPSA) is 54.1 Å². The average molecular weight is 334 g/mol. The lowest BCUT2D eigenvalue weighted by Crippen LogP contribution is -2.23. The lowest BCUT2D eigenvalue weighted by atomic mass is 10.0. The van der Waals surface area contributed by atoms with Gasteiger partial charge in [-0.3, -0.25) is 4.79 Å². The predicted molar refractivity (Wildman–Crippen MR) is 99.3 cm³/mol. The molecule has 1 aliphatic heterocycles. The van der Waals surface area contributed by atoms with Gasteiger partial charge < -0.3 is 15.0 Å². The van der Waals surface area contributed by atoms with Gasteiger partial charge in [0.25, 0.3) is 5.91 Å². The number of nitrogens with one attached hydrogen (secondary N) is 2. The van der Waals surface area contributed by atoms with E-state index in [9.17, 15) is 4.79 Å². The van der Waals surface area contributed by atoms with Gasteiger partial charge >= 0.3 is 0 Å². The van der Waals surface area contributed by atoms with Crippen molar-refractivity contribution in [2.75, 3.05) is 6.61 Å². The van der Waals surface area contributed by atoms with E-state index >= 15 is 0 Å². The number of rotatable bonds is 3. The molecule has 1 amide bonds. The van der Waals surface area contributed by atoms with Gasteiger partial charge in [0.05, 0.1) is 12.1 Å². The second-order valence-electron chi connectivity index (χ2n) is 6.83. The summed E-state index contributed by atoms with van der Waals surface area (Å²) in [5.74, 6) is 0.846. The Kier molecular flexibility index (Phi) is 3.75. The van der Waals surface area contributed by atoms with Crippen molar-refractivity contribution in [2.45, 2.75) is 33.7 Å². The van der Waals surface area contributed by atoms with Crippen LogP contribution in [0.5, 0.6) is 5.75 Å². The normalized spacial score (nSPS) is 12.9. The number of carbonyl (C=O) groups excluding carboxylic acids is 1. The molecule has 3 aromatic rings. The molecule has 0 bridgehead atoms. The van der Waals surface area contributed by atoms with Crippen molar-refractivity contribution in [3.8, 4) is 5.75 Å². The minimum Gasteiger partial charge on any atom is -0.493 e. The first-order valence-electron chi connectivity index (χ1n) is 8.65. The minimum atomic E-state index is -0.0515. The highest BCUT2D eigenvalue weighted by Gasteiger charge is 2.16. The Bertz CT molecular complexity index is 985. The summed E-state index contributed by atoms with van der Waals surface area (Å²) in [6, 6.07) is 9.98. The summed E-state index contributed by atoms with van der Waals surface area (Å²) in [6.07, 6.45) is 0.871. The van der Waals surface area contributed by atoms with E-state index in [-0.39, 0.29) is 5.91 Å². The molecule has 0 saturated carbocycles. The number of aromatic nitrogens is 1. The molecule has 1 aromatic heterocycles. The Hall–Kier alpha value is -2.75. The smallest absolute Gasteiger partial charge is 0.251 e. The van der Waals surface area contributed by atoms with E-state index in [0.717, 1.165) is 28.8 Å². The fourth-order valence-corrected chi connectivity index (χ4v) is 3.53. The molecule has 0 saturated heterocycles. The van der Waals surface area contributed by atoms with Crippen molar-refractivity contribution in [3.05, 3.63) is 63.8 Å². The maximum Gasteiger partial charge on any atom is 0.251 e. The Morgan fingerprint density at radius 2 is 2.04 bits per heavy atom. The second-order valence-corrected chi connectivity index (χ2v) is 6.83. The molecule has 2 heterocycles. The highest BCUT2D eigenvalue weighted by molar-refractivity contribution is 5.95. The van der Waals surface area contributed by atoms with Crippen LogP contribution in [0.15, 0.2) is 30.3 Å². The van der Waals surface area contributed by atoms with Crippen LogP contribution in [0.25, 0.3) is 10.9 Å². The molecule has 128 valence electrons. The van der Waals surface area contributed by atoms with Crippen LogP contribution in [0.4, 0.5) is 0 Å². The van der Waals surface area contributed by atoms with E-state index in [0.29, 0.717) is 18.7 Å². The van der Waals surface area contributed by atoms with Gasteiger partial charge in [-0.1, -0.05) is 11.6 Å². The van der Waals surface area contributed by atoms with Crippen LogP contribution in [-0.4, -0.2) is 17.5 Å². The van der Waals surface area contributed by atoms with Crippen molar-refractivity contribution in [2.24, 2.45) is 0 Å². The number of fused-ring (bicyclic) bond motifs is 2. The van der Waals surface area contributed by atoms with Crippen molar-refractivity contribution < 1.29 is 9.53 Å². The summed E-state index contributed by atoms with van der Waals surface area (Å²) in [5, 5.41) is 4.29. The summed E-state index contributed by atoms with van der Waals surface area (Å²) in [6.45, 7) is 7.51. The van der Waals surface area contributed by atoms with E-state index in [1.807, 2.05) is 18.2 Å². The number of carbonyl (C=O) groups is 1. The van der Waals surface area contributed by atoms with E-state index in [1.165, 1.54) is 22.2 Å². The molecule has 0 atom stereocenters. The number of benzene rings is 2. The molecule has 0 radical (unpaired) electrons. The lowest BCUT2D eigenvalue weighted by Gasteiger charge is -2.09. The van der Waals surface area contributed by atoms with Crippen molar-refractivity contribution in [3.63, 3.8) is 0 Å². The van der Waals surface area contributed by atoms with Gasteiger partial charge in [-0.05, 0) is 61.7 Å². The van der Waals surface area contributed by atoms with Crippen LogP contribution in [0.2, 0.25) is 0 Å². The molecule has 4 nitrogen and oxygen atoms in total. The maximum absolute atomic E-state index is 12.5. The van der Waals surface area contributed by atoms with Crippen LogP contribution >= 0.6 is 0 Å². The van der Waals surface area contributed by atoms with Crippen LogP contribution in [0.3, 0.4) is 0 Å². The summed E-state index contributed by atoms with van der Waals surface area (Å²) in [7, 11) is 0. The third-order valence-corrected chi connectivity index (χ3v) is 5.03. The van der Waals surface area contributed by atoms with Crippen LogP contribution in [0, 0.1) is 20.8 Å². The van der Waals surface area contributed by atoms with Gasteiger partial charge in [0.15, 0.2) is 0 Å². The number of hydrogen-bond donors (Lipinski definition) is 2. The van der Waals surface area contributed by atoms with Gasteiger partial charge in [-0.25, -0.2) is 0 Å². The quantitative estimate of drug-likeness (QED) is 0.762. The first kappa shape index (κ1) is 15.8. The monoisotopic (exact) mass is 334 g/mol. The molecule has 0 fully saturated rings. The largest absolute Gasteiger partial charge is 0.493 e. The highest BCUT2D eigenvalue weighted by atomic mass is 16.5. The molecule has 1 aliphatic rings. The Labute approximate surface area is 147 Å². The van der Waals surface area contributed by atoms with Crippen LogP contribution < -0.4 is 10.1 Å². The first-order chi connectivity index (χ1) is 12.0. The molecular formula is C21H22N2O2. The van der Waals surface area contributed by atoms with Crippen LogP contribution in [0.1, 0.15) is 38.3 Å². The number of amides is 1. The number of hydrogen-bond acceptors (Lipinski definition) is 2. The molecule has 25 heavy (non-hydrogen) atoms. The molecule has 0 spiro atoms. The number of aromatic amines is 1. The molecule has 0 unspecified atom stereocenters. The van der Waals surface area contributed by atoms with Crippen molar-refractivity contribution in [1.29, 1.82) is 0 Å². The third-order valence-electron chi connectivity index (χ3n) is 5.03. The fraction of sp³-hybridized carbons (Fsp3) is 0.286. The van der Waals surface area contributed by atoms with Gasteiger partial charge in [0.2, 0.25) is 0 Å². The summed E-state index contributed by atoms with van der Waals surface area (Å²) >= 11 is 0. The van der Waals surface area contributed by atoms with Crippen molar-refractivity contribution in [1.82, 2.24) is 10.3 Å². The van der Waals surface area contributed by atoms with Gasteiger partial charge in [-0.2, -0.15) is 0 Å². The Morgan fingerprint density at radius 3 is 2.88 bits per heavy atom. The lowest BCUT2D eigenvalue weighted by molar-refractivity contribution is 0.0951. The standard InChI is InChI=1S/C21H22N2O2/c1-12-8-17(20-18(9-12)13(2)14(3)23-20)11-22-21(24)16-4-5-19-15(10-16)6-7-25-19/h4-5,8-10,23H,6-7,11H2,1-3H3,(H,22,24). The summed E-state index contributed by atoms with van der Waals surface area (Å²) in [4.78, 5) is 16.0. The van der Waals surface area contributed by atoms with Gasteiger partial charge in [-0.15, -0.1) is 0 Å². The molecule has 2 aromatic carbocycles. The summed E-state index contributed by atoms with van der Waals surface area (Å²) < 4.78 is 5.50. The predicted octanol–water partition coefficient (Wildman–Crippen LogP) is 3.96. The Balaban J connectivity index is 1.58. The first-order valence-corrected chi connectivity index (χ1v) is 8.65. The molecular weight excluding hydrogens is 312 g/mol. The van der Waals surface area contributed by atoms with Gasteiger partial charge in [0.1, 0.15) is 5.75 Å². The van der Waals surface area contributed by atoms with E-state index in [2.05, 4.69) is 43.2 Å². The highest BCUT2D eigenvalue weighted by Crippen LogP contribution is 2.27.